The maximum Gasteiger partial charge on any atom is 0.124 e. The van der Waals surface area contributed by atoms with Crippen LogP contribution in [0.2, 0.25) is 0 Å². The Morgan fingerprint density at radius 2 is 1.48 bits per heavy atom. The summed E-state index contributed by atoms with van der Waals surface area (Å²) in [6, 6.07) is 20.5. The molecule has 0 atom stereocenters. The van der Waals surface area contributed by atoms with E-state index in [4.69, 9.17) is 0 Å². The van der Waals surface area contributed by atoms with E-state index in [1.807, 2.05) is 24.3 Å². The Morgan fingerprint density at radius 1 is 0.762 bits per heavy atom. The molecule has 1 N–H and O–H groups in total. The van der Waals surface area contributed by atoms with Crippen LogP contribution >= 0.6 is 0 Å². The first kappa shape index (κ1) is 13.7. The fraction of sp³-hybridized carbons (Fsp3) is 0.200. The summed E-state index contributed by atoms with van der Waals surface area (Å²) in [4.78, 5) is 0. The van der Waals surface area contributed by atoms with Crippen LogP contribution in [0, 0.1) is 0 Å². The van der Waals surface area contributed by atoms with Crippen LogP contribution in [0.4, 0.5) is 0 Å². The van der Waals surface area contributed by atoms with Crippen LogP contribution in [-0.4, -0.2) is 5.11 Å². The van der Waals surface area contributed by atoms with Gasteiger partial charge >= 0.3 is 0 Å². The number of benzene rings is 3. The molecule has 1 nitrogen and oxygen atoms in total. The van der Waals surface area contributed by atoms with Gasteiger partial charge in [0.25, 0.3) is 0 Å². The number of hydrogen-bond acceptors (Lipinski definition) is 1. The fourth-order valence-electron chi connectivity index (χ4n) is 2.60. The van der Waals surface area contributed by atoms with Gasteiger partial charge in [0.2, 0.25) is 0 Å². The van der Waals surface area contributed by atoms with Crippen molar-refractivity contribution in [2.24, 2.45) is 0 Å². The van der Waals surface area contributed by atoms with E-state index in [-0.39, 0.29) is 5.41 Å². The summed E-state index contributed by atoms with van der Waals surface area (Å²) >= 11 is 0. The van der Waals surface area contributed by atoms with E-state index in [0.717, 1.165) is 21.9 Å². The third kappa shape index (κ3) is 2.64. The predicted octanol–water partition coefficient (Wildman–Crippen LogP) is 5.51. The molecule has 21 heavy (non-hydrogen) atoms. The van der Waals surface area contributed by atoms with Crippen molar-refractivity contribution in [3.05, 3.63) is 66.2 Å². The van der Waals surface area contributed by atoms with Gasteiger partial charge in [0.05, 0.1) is 0 Å². The van der Waals surface area contributed by atoms with Gasteiger partial charge < -0.3 is 5.11 Å². The predicted molar refractivity (Wildman–Crippen MR) is 89.7 cm³/mol. The molecule has 1 heteroatoms. The summed E-state index contributed by atoms with van der Waals surface area (Å²) in [5, 5.41) is 12.4. The molecular weight excluding hydrogens is 256 g/mol. The van der Waals surface area contributed by atoms with Crippen molar-refractivity contribution in [1.82, 2.24) is 0 Å². The summed E-state index contributed by atoms with van der Waals surface area (Å²) in [7, 11) is 0. The van der Waals surface area contributed by atoms with Crippen molar-refractivity contribution >= 4 is 10.8 Å². The first-order valence-corrected chi connectivity index (χ1v) is 7.28. The van der Waals surface area contributed by atoms with Crippen LogP contribution in [0.5, 0.6) is 5.75 Å². The second-order valence-electron chi connectivity index (χ2n) is 6.55. The lowest BCUT2D eigenvalue weighted by Gasteiger charge is -2.20. The van der Waals surface area contributed by atoms with Crippen LogP contribution < -0.4 is 0 Å². The Morgan fingerprint density at radius 3 is 2.14 bits per heavy atom. The number of rotatable bonds is 1. The van der Waals surface area contributed by atoms with E-state index in [9.17, 15) is 5.11 Å². The van der Waals surface area contributed by atoms with Crippen molar-refractivity contribution in [3.8, 4) is 16.9 Å². The molecule has 0 heterocycles. The molecule has 0 fully saturated rings. The van der Waals surface area contributed by atoms with E-state index in [1.54, 1.807) is 0 Å². The maximum atomic E-state index is 10.4. The highest BCUT2D eigenvalue weighted by molar-refractivity contribution is 5.93. The minimum atomic E-state index is 0.0821. The molecule has 0 aliphatic carbocycles. The van der Waals surface area contributed by atoms with Gasteiger partial charge in [-0.2, -0.15) is 0 Å². The molecule has 0 aromatic heterocycles. The molecule has 3 aromatic rings. The van der Waals surface area contributed by atoms with E-state index in [0.29, 0.717) is 5.75 Å². The van der Waals surface area contributed by atoms with E-state index in [1.165, 1.54) is 5.56 Å². The van der Waals surface area contributed by atoms with Gasteiger partial charge in [-0.25, -0.2) is 0 Å². The molecule has 106 valence electrons. The van der Waals surface area contributed by atoms with Gasteiger partial charge in [-0.1, -0.05) is 63.2 Å². The third-order valence-electron chi connectivity index (χ3n) is 3.91. The van der Waals surface area contributed by atoms with E-state index >= 15 is 0 Å². The smallest absolute Gasteiger partial charge is 0.124 e. The van der Waals surface area contributed by atoms with Gasteiger partial charge in [-0.15, -0.1) is 0 Å². The molecule has 0 aliphatic heterocycles. The van der Waals surface area contributed by atoms with Crippen molar-refractivity contribution in [2.45, 2.75) is 26.2 Å². The van der Waals surface area contributed by atoms with Crippen molar-refractivity contribution in [2.75, 3.05) is 0 Å². The summed E-state index contributed by atoms with van der Waals surface area (Å²) in [6.07, 6.45) is 0. The first-order valence-electron chi connectivity index (χ1n) is 7.28. The summed E-state index contributed by atoms with van der Waals surface area (Å²) in [5.41, 5.74) is 3.48. The maximum absolute atomic E-state index is 10.4. The van der Waals surface area contributed by atoms with Gasteiger partial charge in [-0.05, 0) is 45.7 Å². The first-order chi connectivity index (χ1) is 9.95. The SMILES string of the molecule is CC(C)(C)c1ccc2cc(-c3ccccc3)cc(O)c2c1. The Balaban J connectivity index is 2.18. The largest absolute Gasteiger partial charge is 0.507 e. The molecule has 0 bridgehead atoms. The highest BCUT2D eigenvalue weighted by Gasteiger charge is 2.15. The zero-order chi connectivity index (χ0) is 15.0. The molecular formula is C20H20O. The molecule has 0 amide bonds. The topological polar surface area (TPSA) is 20.2 Å². The second-order valence-corrected chi connectivity index (χ2v) is 6.55. The number of hydrogen-bond donors (Lipinski definition) is 1. The Bertz CT molecular complexity index is 780. The molecule has 3 aromatic carbocycles. The molecule has 0 spiro atoms. The summed E-state index contributed by atoms with van der Waals surface area (Å²) < 4.78 is 0. The Labute approximate surface area is 125 Å². The number of fused-ring (bicyclic) bond motifs is 1. The van der Waals surface area contributed by atoms with Crippen molar-refractivity contribution < 1.29 is 5.11 Å². The minimum Gasteiger partial charge on any atom is -0.507 e. The average molecular weight is 276 g/mol. The monoisotopic (exact) mass is 276 g/mol. The normalized spacial score (nSPS) is 11.8. The van der Waals surface area contributed by atoms with Crippen LogP contribution in [-0.2, 0) is 5.41 Å². The van der Waals surface area contributed by atoms with Crippen molar-refractivity contribution in [1.29, 1.82) is 0 Å². The summed E-state index contributed by atoms with van der Waals surface area (Å²) in [5.74, 6) is 0.345. The number of aromatic hydroxyl groups is 1. The highest BCUT2D eigenvalue weighted by Crippen LogP contribution is 2.34. The molecule has 0 unspecified atom stereocenters. The van der Waals surface area contributed by atoms with Gasteiger partial charge in [0, 0.05) is 5.39 Å². The van der Waals surface area contributed by atoms with E-state index in [2.05, 4.69) is 57.2 Å². The number of phenolic OH excluding ortho intramolecular Hbond substituents is 1. The van der Waals surface area contributed by atoms with Crippen LogP contribution in [0.15, 0.2) is 60.7 Å². The molecule has 3 rings (SSSR count). The zero-order valence-electron chi connectivity index (χ0n) is 12.7. The lowest BCUT2D eigenvalue weighted by molar-refractivity contribution is 0.481. The molecule has 0 aliphatic rings. The van der Waals surface area contributed by atoms with Crippen molar-refractivity contribution in [3.63, 3.8) is 0 Å². The molecule has 0 saturated heterocycles. The Kier molecular flexibility index (Phi) is 3.21. The quantitative estimate of drug-likeness (QED) is 0.621. The number of phenols is 1. The standard InChI is InChI=1S/C20H20O/c1-20(2,3)17-10-9-15-11-16(12-19(21)18(15)13-17)14-7-5-4-6-8-14/h4-13,21H,1-3H3. The lowest BCUT2D eigenvalue weighted by Crippen LogP contribution is -2.10. The van der Waals surface area contributed by atoms with Gasteiger partial charge in [0.15, 0.2) is 0 Å². The second kappa shape index (κ2) is 4.92. The highest BCUT2D eigenvalue weighted by atomic mass is 16.3. The zero-order valence-corrected chi connectivity index (χ0v) is 12.7. The minimum absolute atomic E-state index is 0.0821. The van der Waals surface area contributed by atoms with Crippen LogP contribution in [0.25, 0.3) is 21.9 Å². The lowest BCUT2D eigenvalue weighted by atomic mass is 9.85. The Hall–Kier alpha value is -2.28. The molecule has 0 radical (unpaired) electrons. The molecule has 0 saturated carbocycles. The van der Waals surface area contributed by atoms with Gasteiger partial charge in [-0.3, -0.25) is 0 Å². The average Bonchev–Trinajstić information content (AvgIpc) is 2.47. The summed E-state index contributed by atoms with van der Waals surface area (Å²) in [6.45, 7) is 6.55. The van der Waals surface area contributed by atoms with Crippen LogP contribution in [0.1, 0.15) is 26.3 Å². The van der Waals surface area contributed by atoms with Gasteiger partial charge in [0.1, 0.15) is 5.75 Å². The third-order valence-corrected chi connectivity index (χ3v) is 3.91. The fourth-order valence-corrected chi connectivity index (χ4v) is 2.60. The van der Waals surface area contributed by atoms with Crippen LogP contribution in [0.3, 0.4) is 0 Å². The van der Waals surface area contributed by atoms with E-state index < -0.39 is 0 Å².